The fourth-order valence-corrected chi connectivity index (χ4v) is 2.54. The Bertz CT molecular complexity index is 432. The lowest BCUT2D eigenvalue weighted by molar-refractivity contribution is -0.150. The number of epoxide rings is 1. The van der Waals surface area contributed by atoms with Gasteiger partial charge >= 0.3 is 5.97 Å². The van der Waals surface area contributed by atoms with Gasteiger partial charge in [0.2, 0.25) is 0 Å². The smallest absolute Gasteiger partial charge is 0.338 e. The van der Waals surface area contributed by atoms with E-state index in [4.69, 9.17) is 9.47 Å². The number of hydrogen-bond acceptors (Lipinski definition) is 3. The molecule has 3 nitrogen and oxygen atoms in total. The lowest BCUT2D eigenvalue weighted by atomic mass is 10.1. The maximum atomic E-state index is 11.9. The van der Waals surface area contributed by atoms with E-state index < -0.39 is 0 Å². The second kappa shape index (κ2) is 4.73. The summed E-state index contributed by atoms with van der Waals surface area (Å²) in [5.41, 5.74) is 2.28. The third-order valence-corrected chi connectivity index (χ3v) is 3.71. The Kier molecular flexibility index (Phi) is 3.08. The van der Waals surface area contributed by atoms with E-state index in [-0.39, 0.29) is 24.3 Å². The van der Waals surface area contributed by atoms with Crippen molar-refractivity contribution in [3.63, 3.8) is 0 Å². The van der Waals surface area contributed by atoms with Crippen LogP contribution in [0.4, 0.5) is 0 Å². The van der Waals surface area contributed by atoms with Crippen molar-refractivity contribution in [1.29, 1.82) is 0 Å². The Balaban J connectivity index is 1.56. The van der Waals surface area contributed by atoms with Gasteiger partial charge in [-0.05, 0) is 38.2 Å². The fourth-order valence-electron chi connectivity index (χ4n) is 2.54. The molecule has 2 aliphatic rings. The van der Waals surface area contributed by atoms with E-state index in [1.54, 1.807) is 0 Å². The molecule has 0 radical (unpaired) electrons. The molecule has 2 unspecified atom stereocenters. The third-order valence-electron chi connectivity index (χ3n) is 3.71. The van der Waals surface area contributed by atoms with Crippen LogP contribution in [0.25, 0.3) is 0 Å². The molecule has 1 heterocycles. The van der Waals surface area contributed by atoms with Crippen LogP contribution in [0.3, 0.4) is 0 Å². The summed E-state index contributed by atoms with van der Waals surface area (Å²) in [6, 6.07) is 8.11. The van der Waals surface area contributed by atoms with Gasteiger partial charge in [0.05, 0.1) is 0 Å². The molecule has 18 heavy (non-hydrogen) atoms. The zero-order chi connectivity index (χ0) is 12.5. The number of carbonyl (C=O) groups excluding carboxylic acids is 1. The first-order chi connectivity index (χ1) is 8.74. The number of hydrogen-bond donors (Lipinski definition) is 0. The summed E-state index contributed by atoms with van der Waals surface area (Å²) >= 11 is 0. The molecule has 96 valence electrons. The molecule has 2 fully saturated rings. The van der Waals surface area contributed by atoms with Crippen molar-refractivity contribution in [2.24, 2.45) is 0 Å². The Morgan fingerprint density at radius 3 is 2.56 bits per heavy atom. The Hall–Kier alpha value is -1.35. The highest BCUT2D eigenvalue weighted by Gasteiger charge is 2.48. The van der Waals surface area contributed by atoms with Crippen molar-refractivity contribution >= 4 is 5.97 Å². The van der Waals surface area contributed by atoms with Crippen molar-refractivity contribution in [2.45, 2.75) is 50.9 Å². The first kappa shape index (κ1) is 11.7. The van der Waals surface area contributed by atoms with Crippen LogP contribution < -0.4 is 0 Å². The molecule has 3 heteroatoms. The number of ether oxygens (including phenoxy) is 2. The van der Waals surface area contributed by atoms with Gasteiger partial charge in [-0.1, -0.05) is 29.8 Å². The van der Waals surface area contributed by atoms with Crippen molar-refractivity contribution in [3.05, 3.63) is 35.4 Å². The van der Waals surface area contributed by atoms with Gasteiger partial charge in [-0.3, -0.25) is 0 Å². The highest BCUT2D eigenvalue weighted by atomic mass is 16.6. The summed E-state index contributed by atoms with van der Waals surface area (Å²) in [5.74, 6) is -0.188. The lowest BCUT2D eigenvalue weighted by Crippen LogP contribution is -2.19. The van der Waals surface area contributed by atoms with E-state index in [9.17, 15) is 4.79 Å². The zero-order valence-electron chi connectivity index (χ0n) is 10.6. The van der Waals surface area contributed by atoms with Crippen LogP contribution in [0.15, 0.2) is 24.3 Å². The average molecular weight is 246 g/mol. The second-order valence-corrected chi connectivity index (χ2v) is 5.23. The van der Waals surface area contributed by atoms with Crippen molar-refractivity contribution in [1.82, 2.24) is 0 Å². The maximum absolute atomic E-state index is 11.9. The first-order valence-corrected chi connectivity index (χ1v) is 6.66. The number of aryl methyl sites for hydroxylation is 1. The summed E-state index contributed by atoms with van der Waals surface area (Å²) < 4.78 is 10.9. The first-order valence-electron chi connectivity index (χ1n) is 6.66. The van der Waals surface area contributed by atoms with E-state index in [1.165, 1.54) is 18.4 Å². The molecule has 1 saturated heterocycles. The molecular weight excluding hydrogens is 228 g/mol. The van der Waals surface area contributed by atoms with Gasteiger partial charge in [-0.25, -0.2) is 4.79 Å². The molecule has 1 aromatic carbocycles. The highest BCUT2D eigenvalue weighted by molar-refractivity contribution is 5.78. The van der Waals surface area contributed by atoms with Gasteiger partial charge in [0.1, 0.15) is 12.2 Å². The molecule has 1 aliphatic heterocycles. The second-order valence-electron chi connectivity index (χ2n) is 5.23. The SMILES string of the molecule is Cc1ccc(C2OC2C(=O)OC2CCCC2)cc1. The summed E-state index contributed by atoms with van der Waals surface area (Å²) in [6.45, 7) is 2.05. The largest absolute Gasteiger partial charge is 0.460 e. The van der Waals surface area contributed by atoms with Crippen LogP contribution in [0.2, 0.25) is 0 Å². The molecule has 0 N–H and O–H groups in total. The fraction of sp³-hybridized carbons (Fsp3) is 0.533. The Morgan fingerprint density at radius 1 is 1.22 bits per heavy atom. The topological polar surface area (TPSA) is 38.8 Å². The average Bonchev–Trinajstić information content (AvgIpc) is 3.01. The monoisotopic (exact) mass is 246 g/mol. The highest BCUT2D eigenvalue weighted by Crippen LogP contribution is 2.40. The minimum Gasteiger partial charge on any atom is -0.460 e. The van der Waals surface area contributed by atoms with Gasteiger partial charge in [-0.2, -0.15) is 0 Å². The zero-order valence-corrected chi connectivity index (χ0v) is 10.6. The molecule has 0 aromatic heterocycles. The van der Waals surface area contributed by atoms with Gasteiger partial charge in [0.15, 0.2) is 6.10 Å². The minimum absolute atomic E-state index is 0.0977. The standard InChI is InChI=1S/C15H18O3/c1-10-6-8-11(9-7-10)13-14(18-13)15(16)17-12-4-2-3-5-12/h6-9,12-14H,2-5H2,1H3. The van der Waals surface area contributed by atoms with Crippen LogP contribution in [0.5, 0.6) is 0 Å². The quantitative estimate of drug-likeness (QED) is 0.608. The van der Waals surface area contributed by atoms with E-state index in [1.807, 2.05) is 31.2 Å². The molecule has 3 rings (SSSR count). The van der Waals surface area contributed by atoms with Crippen LogP contribution in [-0.4, -0.2) is 18.2 Å². The van der Waals surface area contributed by atoms with Crippen LogP contribution >= 0.6 is 0 Å². The number of carbonyl (C=O) groups is 1. The van der Waals surface area contributed by atoms with Crippen molar-refractivity contribution in [2.75, 3.05) is 0 Å². The molecule has 0 spiro atoms. The predicted molar refractivity (Wildman–Crippen MR) is 67.1 cm³/mol. The molecular formula is C15H18O3. The van der Waals surface area contributed by atoms with Gasteiger partial charge in [0.25, 0.3) is 0 Å². The van der Waals surface area contributed by atoms with Gasteiger partial charge in [-0.15, -0.1) is 0 Å². The molecule has 1 aliphatic carbocycles. The Labute approximate surface area is 107 Å². The summed E-state index contributed by atoms with van der Waals surface area (Å²) in [7, 11) is 0. The van der Waals surface area contributed by atoms with E-state index in [0.717, 1.165) is 18.4 Å². The van der Waals surface area contributed by atoms with Gasteiger partial charge < -0.3 is 9.47 Å². The van der Waals surface area contributed by atoms with Crippen LogP contribution in [0, 0.1) is 6.92 Å². The Morgan fingerprint density at radius 2 is 1.89 bits per heavy atom. The van der Waals surface area contributed by atoms with E-state index in [0.29, 0.717) is 0 Å². The number of rotatable bonds is 3. The number of esters is 1. The van der Waals surface area contributed by atoms with Gasteiger partial charge in [0, 0.05) is 0 Å². The normalized spacial score (nSPS) is 27.2. The molecule has 1 aromatic rings. The summed E-state index contributed by atoms with van der Waals surface area (Å²) in [4.78, 5) is 11.9. The van der Waals surface area contributed by atoms with Crippen LogP contribution in [-0.2, 0) is 14.3 Å². The summed E-state index contributed by atoms with van der Waals surface area (Å²) in [5, 5.41) is 0. The maximum Gasteiger partial charge on any atom is 0.338 e. The van der Waals surface area contributed by atoms with E-state index >= 15 is 0 Å². The minimum atomic E-state index is -0.381. The molecule has 0 amide bonds. The van der Waals surface area contributed by atoms with E-state index in [2.05, 4.69) is 0 Å². The lowest BCUT2D eigenvalue weighted by Gasteiger charge is -2.09. The number of benzene rings is 1. The summed E-state index contributed by atoms with van der Waals surface area (Å²) in [6.07, 6.45) is 4.00. The molecule has 2 atom stereocenters. The molecule has 0 bridgehead atoms. The molecule has 1 saturated carbocycles. The third kappa shape index (κ3) is 2.41. The van der Waals surface area contributed by atoms with Crippen molar-refractivity contribution in [3.8, 4) is 0 Å². The van der Waals surface area contributed by atoms with Crippen molar-refractivity contribution < 1.29 is 14.3 Å². The van der Waals surface area contributed by atoms with Crippen LogP contribution in [0.1, 0.15) is 42.9 Å². The predicted octanol–water partition coefficient (Wildman–Crippen LogP) is 2.92.